The topological polar surface area (TPSA) is 73.7 Å². The lowest BCUT2D eigenvalue weighted by molar-refractivity contribution is -0.144. The SMILES string of the molecule is CCOC(=O)CN(CCOC)C(=O)c1cnn(-c2cccc(C(F)(F)F)c2)c1C. The summed E-state index contributed by atoms with van der Waals surface area (Å²) in [6, 6.07) is 4.65. The molecule has 158 valence electrons. The van der Waals surface area contributed by atoms with E-state index in [0.29, 0.717) is 5.69 Å². The van der Waals surface area contributed by atoms with Crippen molar-refractivity contribution in [2.45, 2.75) is 20.0 Å². The minimum atomic E-state index is -4.49. The van der Waals surface area contributed by atoms with Crippen molar-refractivity contribution in [3.05, 3.63) is 47.3 Å². The normalized spacial score (nSPS) is 11.4. The summed E-state index contributed by atoms with van der Waals surface area (Å²) in [6.45, 7) is 3.47. The average Bonchev–Trinajstić information content (AvgIpc) is 3.05. The van der Waals surface area contributed by atoms with Crippen LogP contribution in [0.25, 0.3) is 5.69 Å². The smallest absolute Gasteiger partial charge is 0.416 e. The highest BCUT2D eigenvalue weighted by atomic mass is 19.4. The molecule has 29 heavy (non-hydrogen) atoms. The molecule has 2 aromatic rings. The zero-order valence-corrected chi connectivity index (χ0v) is 16.3. The Labute approximate surface area is 166 Å². The molecule has 0 bridgehead atoms. The molecule has 0 saturated carbocycles. The van der Waals surface area contributed by atoms with Gasteiger partial charge in [-0.15, -0.1) is 0 Å². The molecule has 7 nitrogen and oxygen atoms in total. The fourth-order valence-corrected chi connectivity index (χ4v) is 2.68. The number of carbonyl (C=O) groups is 2. The molecule has 0 radical (unpaired) electrons. The van der Waals surface area contributed by atoms with Crippen LogP contribution in [0.1, 0.15) is 28.5 Å². The van der Waals surface area contributed by atoms with Crippen molar-refractivity contribution in [3.63, 3.8) is 0 Å². The van der Waals surface area contributed by atoms with Crippen molar-refractivity contribution in [1.29, 1.82) is 0 Å². The second-order valence-corrected chi connectivity index (χ2v) is 6.13. The van der Waals surface area contributed by atoms with E-state index in [-0.39, 0.29) is 37.6 Å². The molecule has 0 aliphatic rings. The number of nitrogens with zero attached hydrogens (tertiary/aromatic N) is 3. The fraction of sp³-hybridized carbons (Fsp3) is 0.421. The predicted molar refractivity (Wildman–Crippen MR) is 97.7 cm³/mol. The number of benzene rings is 1. The van der Waals surface area contributed by atoms with E-state index in [2.05, 4.69) is 5.10 Å². The second-order valence-electron chi connectivity index (χ2n) is 6.13. The van der Waals surface area contributed by atoms with Crippen LogP contribution in [0.3, 0.4) is 0 Å². The molecule has 2 rings (SSSR count). The van der Waals surface area contributed by atoms with Crippen LogP contribution in [0.15, 0.2) is 30.5 Å². The van der Waals surface area contributed by atoms with Gasteiger partial charge in [0.25, 0.3) is 5.91 Å². The van der Waals surface area contributed by atoms with Crippen molar-refractivity contribution in [3.8, 4) is 5.69 Å². The standard InChI is InChI=1S/C19H22F3N3O4/c1-4-29-17(26)12-24(8-9-28-3)18(27)16-11-23-25(13(16)2)15-7-5-6-14(10-15)19(20,21)22/h5-7,10-11H,4,8-9,12H2,1-3H3. The van der Waals surface area contributed by atoms with Gasteiger partial charge in [-0.2, -0.15) is 18.3 Å². The molecule has 0 aliphatic carbocycles. The van der Waals surface area contributed by atoms with Gasteiger partial charge in [0.1, 0.15) is 6.54 Å². The number of esters is 1. The Morgan fingerprint density at radius 1 is 1.28 bits per heavy atom. The van der Waals surface area contributed by atoms with Crippen molar-refractivity contribution in [2.24, 2.45) is 0 Å². The largest absolute Gasteiger partial charge is 0.465 e. The van der Waals surface area contributed by atoms with E-state index < -0.39 is 23.6 Å². The Bertz CT molecular complexity index is 865. The maximum atomic E-state index is 13.0. The lowest BCUT2D eigenvalue weighted by Crippen LogP contribution is -2.38. The summed E-state index contributed by atoms with van der Waals surface area (Å²) in [5.41, 5.74) is -0.129. The van der Waals surface area contributed by atoms with Crippen LogP contribution in [0.4, 0.5) is 13.2 Å². The quantitative estimate of drug-likeness (QED) is 0.623. The molecule has 0 atom stereocenters. The Hall–Kier alpha value is -2.88. The summed E-state index contributed by atoms with van der Waals surface area (Å²) >= 11 is 0. The van der Waals surface area contributed by atoms with Gasteiger partial charge in [-0.3, -0.25) is 9.59 Å². The second kappa shape index (κ2) is 9.55. The minimum absolute atomic E-state index is 0.141. The highest BCUT2D eigenvalue weighted by Gasteiger charge is 2.31. The van der Waals surface area contributed by atoms with Gasteiger partial charge in [0.05, 0.1) is 41.9 Å². The molecule has 0 unspecified atom stereocenters. The summed E-state index contributed by atoms with van der Waals surface area (Å²) in [5, 5.41) is 4.06. The van der Waals surface area contributed by atoms with E-state index in [1.807, 2.05) is 0 Å². The summed E-state index contributed by atoms with van der Waals surface area (Å²) in [6.07, 6.45) is -3.23. The number of hydrogen-bond acceptors (Lipinski definition) is 5. The highest BCUT2D eigenvalue weighted by Crippen LogP contribution is 2.30. The van der Waals surface area contributed by atoms with E-state index in [1.54, 1.807) is 13.8 Å². The molecule has 1 aromatic heterocycles. The van der Waals surface area contributed by atoms with E-state index in [1.165, 1.54) is 35.0 Å². The predicted octanol–water partition coefficient (Wildman–Crippen LogP) is 2.85. The molecule has 0 spiro atoms. The maximum absolute atomic E-state index is 13.0. The van der Waals surface area contributed by atoms with Crippen molar-refractivity contribution in [1.82, 2.24) is 14.7 Å². The number of ether oxygens (including phenoxy) is 2. The van der Waals surface area contributed by atoms with Gasteiger partial charge < -0.3 is 14.4 Å². The minimum Gasteiger partial charge on any atom is -0.465 e. The molecular formula is C19H22F3N3O4. The third-order valence-corrected chi connectivity index (χ3v) is 4.14. The Balaban J connectivity index is 2.32. The number of rotatable bonds is 8. The Kier molecular flexibility index (Phi) is 7.38. The number of halogens is 3. The van der Waals surface area contributed by atoms with Crippen LogP contribution in [0.5, 0.6) is 0 Å². The first-order valence-electron chi connectivity index (χ1n) is 8.85. The average molecular weight is 413 g/mol. The molecule has 1 aromatic carbocycles. The van der Waals surface area contributed by atoms with Gasteiger partial charge >= 0.3 is 12.1 Å². The number of aromatic nitrogens is 2. The van der Waals surface area contributed by atoms with Crippen LogP contribution < -0.4 is 0 Å². The highest BCUT2D eigenvalue weighted by molar-refractivity contribution is 5.96. The summed E-state index contributed by atoms with van der Waals surface area (Å²) < 4.78 is 50.1. The molecule has 0 aliphatic heterocycles. The first-order chi connectivity index (χ1) is 13.7. The summed E-state index contributed by atoms with van der Waals surface area (Å²) in [5.74, 6) is -1.06. The van der Waals surface area contributed by atoms with E-state index in [9.17, 15) is 22.8 Å². The number of alkyl halides is 3. The van der Waals surface area contributed by atoms with Crippen LogP contribution in [0.2, 0.25) is 0 Å². The molecule has 1 heterocycles. The molecule has 0 N–H and O–H groups in total. The van der Waals surface area contributed by atoms with Gasteiger partial charge in [0, 0.05) is 13.7 Å². The van der Waals surface area contributed by atoms with Crippen LogP contribution in [-0.2, 0) is 20.4 Å². The van der Waals surface area contributed by atoms with E-state index in [0.717, 1.165) is 12.1 Å². The van der Waals surface area contributed by atoms with Crippen LogP contribution >= 0.6 is 0 Å². The Morgan fingerprint density at radius 3 is 2.62 bits per heavy atom. The third-order valence-electron chi connectivity index (χ3n) is 4.14. The third kappa shape index (κ3) is 5.57. The number of carbonyl (C=O) groups excluding carboxylic acids is 2. The van der Waals surface area contributed by atoms with Crippen LogP contribution in [0, 0.1) is 6.92 Å². The fourth-order valence-electron chi connectivity index (χ4n) is 2.68. The van der Waals surface area contributed by atoms with Crippen molar-refractivity contribution < 1.29 is 32.2 Å². The Morgan fingerprint density at radius 2 is 2.00 bits per heavy atom. The van der Waals surface area contributed by atoms with Gasteiger partial charge in [0.2, 0.25) is 0 Å². The molecule has 1 amide bonds. The molecule has 0 fully saturated rings. The van der Waals surface area contributed by atoms with Gasteiger partial charge in [0.15, 0.2) is 0 Å². The summed E-state index contributed by atoms with van der Waals surface area (Å²) in [7, 11) is 1.46. The lowest BCUT2D eigenvalue weighted by atomic mass is 10.2. The molecular weight excluding hydrogens is 391 g/mol. The molecule has 10 heteroatoms. The zero-order valence-electron chi connectivity index (χ0n) is 16.3. The van der Waals surface area contributed by atoms with Crippen LogP contribution in [-0.4, -0.2) is 60.0 Å². The lowest BCUT2D eigenvalue weighted by Gasteiger charge is -2.21. The van der Waals surface area contributed by atoms with Crippen molar-refractivity contribution >= 4 is 11.9 Å². The number of amides is 1. The monoisotopic (exact) mass is 413 g/mol. The van der Waals surface area contributed by atoms with Gasteiger partial charge in [-0.25, -0.2) is 4.68 Å². The number of methoxy groups -OCH3 is 1. The summed E-state index contributed by atoms with van der Waals surface area (Å²) in [4.78, 5) is 26.0. The zero-order chi connectivity index (χ0) is 21.6. The molecule has 0 saturated heterocycles. The van der Waals surface area contributed by atoms with Crippen molar-refractivity contribution in [2.75, 3.05) is 33.4 Å². The van der Waals surface area contributed by atoms with E-state index >= 15 is 0 Å². The van der Waals surface area contributed by atoms with Gasteiger partial charge in [-0.05, 0) is 32.0 Å². The van der Waals surface area contributed by atoms with Gasteiger partial charge in [-0.1, -0.05) is 6.07 Å². The van der Waals surface area contributed by atoms with E-state index in [4.69, 9.17) is 9.47 Å². The number of hydrogen-bond donors (Lipinski definition) is 0. The first kappa shape index (κ1) is 22.4. The first-order valence-corrected chi connectivity index (χ1v) is 8.85. The maximum Gasteiger partial charge on any atom is 0.416 e.